The summed E-state index contributed by atoms with van der Waals surface area (Å²) < 4.78 is 10.3. The molecule has 1 unspecified atom stereocenters. The van der Waals surface area contributed by atoms with Crippen molar-refractivity contribution in [3.05, 3.63) is 29.8 Å². The van der Waals surface area contributed by atoms with E-state index in [4.69, 9.17) is 9.47 Å². The van der Waals surface area contributed by atoms with Crippen molar-refractivity contribution >= 4 is 6.09 Å². The number of rotatable bonds is 2. The third-order valence-electron chi connectivity index (χ3n) is 2.46. The minimum absolute atomic E-state index is 0.232. The highest BCUT2D eigenvalue weighted by Gasteiger charge is 2.24. The molecule has 0 saturated carbocycles. The number of ether oxygens (including phenoxy) is 2. The van der Waals surface area contributed by atoms with Crippen LogP contribution in [0.5, 0.6) is 5.75 Å². The summed E-state index contributed by atoms with van der Waals surface area (Å²) in [6, 6.07) is 7.50. The van der Waals surface area contributed by atoms with Crippen LogP contribution >= 0.6 is 0 Å². The molecule has 86 valence electrons. The van der Waals surface area contributed by atoms with E-state index >= 15 is 0 Å². The Hall–Kier alpha value is -1.75. The number of methoxy groups -OCH3 is 1. The van der Waals surface area contributed by atoms with Gasteiger partial charge in [0, 0.05) is 7.05 Å². The molecule has 2 rings (SSSR count). The SMILES string of the molecule is COc1ccc(C2CN(C)NC(=O)O2)cc1. The van der Waals surface area contributed by atoms with Crippen LogP contribution in [0.3, 0.4) is 0 Å². The highest BCUT2D eigenvalue weighted by atomic mass is 16.6. The van der Waals surface area contributed by atoms with E-state index in [1.54, 1.807) is 19.2 Å². The molecule has 1 aliphatic heterocycles. The Morgan fingerprint density at radius 2 is 2.12 bits per heavy atom. The van der Waals surface area contributed by atoms with Crippen LogP contribution < -0.4 is 10.2 Å². The molecule has 1 aliphatic rings. The molecule has 1 N–H and O–H groups in total. The molecule has 0 bridgehead atoms. The molecule has 1 aromatic rings. The van der Waals surface area contributed by atoms with Crippen molar-refractivity contribution in [3.63, 3.8) is 0 Å². The molecule has 1 heterocycles. The number of benzene rings is 1. The second-order valence-electron chi connectivity index (χ2n) is 3.66. The number of nitrogens with one attached hydrogen (secondary N) is 1. The fourth-order valence-corrected chi connectivity index (χ4v) is 1.64. The quantitative estimate of drug-likeness (QED) is 0.820. The van der Waals surface area contributed by atoms with Crippen LogP contribution in [-0.4, -0.2) is 31.8 Å². The Morgan fingerprint density at radius 3 is 2.69 bits per heavy atom. The van der Waals surface area contributed by atoms with Gasteiger partial charge < -0.3 is 9.47 Å². The van der Waals surface area contributed by atoms with Crippen molar-refractivity contribution < 1.29 is 14.3 Å². The lowest BCUT2D eigenvalue weighted by Crippen LogP contribution is -2.48. The zero-order valence-corrected chi connectivity index (χ0v) is 9.27. The predicted molar refractivity (Wildman–Crippen MR) is 58.0 cm³/mol. The zero-order chi connectivity index (χ0) is 11.5. The highest BCUT2D eigenvalue weighted by molar-refractivity contribution is 5.67. The molecular formula is C11H14N2O3. The average molecular weight is 222 g/mol. The number of nitrogens with zero attached hydrogens (tertiary/aromatic N) is 1. The predicted octanol–water partition coefficient (Wildman–Crippen LogP) is 1.32. The molecule has 5 heteroatoms. The Morgan fingerprint density at radius 1 is 1.44 bits per heavy atom. The fourth-order valence-electron chi connectivity index (χ4n) is 1.64. The molecule has 1 aromatic carbocycles. The summed E-state index contributed by atoms with van der Waals surface area (Å²) in [5.74, 6) is 0.789. The third kappa shape index (κ3) is 2.25. The molecule has 1 atom stereocenters. The summed E-state index contributed by atoms with van der Waals surface area (Å²) in [5, 5.41) is 1.71. The molecule has 16 heavy (non-hydrogen) atoms. The van der Waals surface area contributed by atoms with E-state index < -0.39 is 6.09 Å². The van der Waals surface area contributed by atoms with Gasteiger partial charge in [-0.1, -0.05) is 12.1 Å². The van der Waals surface area contributed by atoms with Gasteiger partial charge in [-0.3, -0.25) is 5.43 Å². The first-order valence-electron chi connectivity index (χ1n) is 5.01. The first-order chi connectivity index (χ1) is 7.69. The number of hydrogen-bond donors (Lipinski definition) is 1. The summed E-state index contributed by atoms with van der Waals surface area (Å²) in [4.78, 5) is 11.2. The molecule has 0 aromatic heterocycles. The second-order valence-corrected chi connectivity index (χ2v) is 3.66. The van der Waals surface area contributed by atoms with Gasteiger partial charge in [-0.2, -0.15) is 0 Å². The number of hydrogen-bond acceptors (Lipinski definition) is 4. The lowest BCUT2D eigenvalue weighted by Gasteiger charge is -2.30. The van der Waals surface area contributed by atoms with Gasteiger partial charge in [-0.05, 0) is 17.7 Å². The van der Waals surface area contributed by atoms with Crippen LogP contribution in [0.1, 0.15) is 11.7 Å². The van der Waals surface area contributed by atoms with E-state index in [1.165, 1.54) is 0 Å². The lowest BCUT2D eigenvalue weighted by molar-refractivity contribution is 0.0129. The van der Waals surface area contributed by atoms with Crippen molar-refractivity contribution in [2.75, 3.05) is 20.7 Å². The molecule has 1 saturated heterocycles. The van der Waals surface area contributed by atoms with Crippen LogP contribution in [0.15, 0.2) is 24.3 Å². The van der Waals surface area contributed by atoms with Crippen LogP contribution in [-0.2, 0) is 4.74 Å². The normalized spacial score (nSPS) is 21.1. The van der Waals surface area contributed by atoms with Gasteiger partial charge in [0.2, 0.25) is 0 Å². The van der Waals surface area contributed by atoms with E-state index in [2.05, 4.69) is 5.43 Å². The Bertz CT molecular complexity index is 377. The van der Waals surface area contributed by atoms with E-state index in [9.17, 15) is 4.79 Å². The van der Waals surface area contributed by atoms with Crippen molar-refractivity contribution in [1.82, 2.24) is 10.4 Å². The Balaban J connectivity index is 2.13. The van der Waals surface area contributed by atoms with Gasteiger partial charge >= 0.3 is 6.09 Å². The van der Waals surface area contributed by atoms with Crippen molar-refractivity contribution in [1.29, 1.82) is 0 Å². The maximum absolute atomic E-state index is 11.2. The molecular weight excluding hydrogens is 208 g/mol. The van der Waals surface area contributed by atoms with Crippen LogP contribution in [0.2, 0.25) is 0 Å². The maximum Gasteiger partial charge on any atom is 0.422 e. The zero-order valence-electron chi connectivity index (χ0n) is 9.27. The number of likely N-dealkylation sites (N-methyl/N-ethyl adjacent to an activating group) is 1. The molecule has 0 aliphatic carbocycles. The minimum Gasteiger partial charge on any atom is -0.497 e. The molecule has 0 radical (unpaired) electrons. The first kappa shape index (κ1) is 10.8. The van der Waals surface area contributed by atoms with Crippen molar-refractivity contribution in [2.45, 2.75) is 6.10 Å². The number of carbonyl (C=O) groups is 1. The standard InChI is InChI=1S/C11H14N2O3/c1-13-7-10(16-11(14)12-13)8-3-5-9(15-2)6-4-8/h3-6,10H,7H2,1-2H3,(H,12,14). The number of carbonyl (C=O) groups excluding carboxylic acids is 1. The number of amides is 1. The molecule has 1 fully saturated rings. The average Bonchev–Trinajstić information content (AvgIpc) is 2.28. The smallest absolute Gasteiger partial charge is 0.422 e. The van der Waals surface area contributed by atoms with Gasteiger partial charge in [0.05, 0.1) is 13.7 Å². The largest absolute Gasteiger partial charge is 0.497 e. The lowest BCUT2D eigenvalue weighted by atomic mass is 10.1. The van der Waals surface area contributed by atoms with Gasteiger partial charge in [-0.15, -0.1) is 0 Å². The molecule has 5 nitrogen and oxygen atoms in total. The second kappa shape index (κ2) is 4.40. The van der Waals surface area contributed by atoms with Gasteiger partial charge in [0.15, 0.2) is 0 Å². The molecule has 0 spiro atoms. The summed E-state index contributed by atoms with van der Waals surface area (Å²) in [6.07, 6.45) is -0.653. The maximum atomic E-state index is 11.2. The summed E-state index contributed by atoms with van der Waals surface area (Å²) in [5.41, 5.74) is 3.51. The summed E-state index contributed by atoms with van der Waals surface area (Å²) in [6.45, 7) is 0.623. The van der Waals surface area contributed by atoms with Gasteiger partial charge in [0.25, 0.3) is 0 Å². The van der Waals surface area contributed by atoms with Crippen LogP contribution in [0, 0.1) is 0 Å². The fraction of sp³-hybridized carbons (Fsp3) is 0.364. The Kier molecular flexibility index (Phi) is 2.96. The number of cyclic esters (lactones) is 1. The van der Waals surface area contributed by atoms with Crippen molar-refractivity contribution in [3.8, 4) is 5.75 Å². The van der Waals surface area contributed by atoms with E-state index in [0.29, 0.717) is 6.54 Å². The first-order valence-corrected chi connectivity index (χ1v) is 5.01. The monoisotopic (exact) mass is 222 g/mol. The van der Waals surface area contributed by atoms with E-state index in [0.717, 1.165) is 11.3 Å². The number of hydrazine groups is 1. The van der Waals surface area contributed by atoms with Crippen LogP contribution in [0.25, 0.3) is 0 Å². The minimum atomic E-state index is -0.422. The summed E-state index contributed by atoms with van der Waals surface area (Å²) >= 11 is 0. The topological polar surface area (TPSA) is 50.8 Å². The highest BCUT2D eigenvalue weighted by Crippen LogP contribution is 2.23. The van der Waals surface area contributed by atoms with Gasteiger partial charge in [-0.25, -0.2) is 9.80 Å². The van der Waals surface area contributed by atoms with Crippen molar-refractivity contribution in [2.24, 2.45) is 0 Å². The van der Waals surface area contributed by atoms with Crippen LogP contribution in [0.4, 0.5) is 4.79 Å². The third-order valence-corrected chi connectivity index (χ3v) is 2.46. The van der Waals surface area contributed by atoms with E-state index in [1.807, 2.05) is 24.3 Å². The van der Waals surface area contributed by atoms with Gasteiger partial charge in [0.1, 0.15) is 11.9 Å². The van der Waals surface area contributed by atoms with E-state index in [-0.39, 0.29) is 6.10 Å². The molecule has 1 amide bonds. The Labute approximate surface area is 93.9 Å². The summed E-state index contributed by atoms with van der Waals surface area (Å²) in [7, 11) is 3.42.